The van der Waals surface area contributed by atoms with E-state index in [0.717, 1.165) is 19.4 Å². The predicted molar refractivity (Wildman–Crippen MR) is 41.8 cm³/mol. The average Bonchev–Trinajstić information content (AvgIpc) is 1.88. The molecule has 60 valence electrons. The minimum absolute atomic E-state index is 0.0797. The zero-order valence-corrected chi connectivity index (χ0v) is 6.68. The van der Waals surface area contributed by atoms with Crippen molar-refractivity contribution in [1.29, 1.82) is 0 Å². The van der Waals surface area contributed by atoms with Gasteiger partial charge < -0.3 is 11.1 Å². The Balaban J connectivity index is 3.21. The number of carbonyl (C=O) groups is 1. The van der Waals surface area contributed by atoms with Gasteiger partial charge in [-0.25, -0.2) is 0 Å². The van der Waals surface area contributed by atoms with Gasteiger partial charge in [-0.05, 0) is 33.4 Å². The summed E-state index contributed by atoms with van der Waals surface area (Å²) < 4.78 is 0. The van der Waals surface area contributed by atoms with Crippen molar-refractivity contribution >= 4 is 5.78 Å². The highest BCUT2D eigenvalue weighted by atomic mass is 16.1. The molecule has 0 unspecified atom stereocenters. The van der Waals surface area contributed by atoms with Crippen molar-refractivity contribution < 1.29 is 4.79 Å². The maximum Gasteiger partial charge on any atom is 0.146 e. The van der Waals surface area contributed by atoms with Crippen LogP contribution in [-0.2, 0) is 4.79 Å². The monoisotopic (exact) mass is 144 g/mol. The Morgan fingerprint density at radius 1 is 1.70 bits per heavy atom. The number of nitrogens with two attached hydrogens (primary N) is 1. The molecule has 0 radical (unpaired) electrons. The van der Waals surface area contributed by atoms with E-state index in [9.17, 15) is 4.79 Å². The summed E-state index contributed by atoms with van der Waals surface area (Å²) in [5, 5.41) is 3.00. The van der Waals surface area contributed by atoms with E-state index in [0.29, 0.717) is 0 Å². The van der Waals surface area contributed by atoms with E-state index in [4.69, 9.17) is 5.73 Å². The zero-order chi connectivity index (χ0) is 7.98. The Morgan fingerprint density at radius 2 is 2.30 bits per heavy atom. The molecule has 0 aliphatic carbocycles. The van der Waals surface area contributed by atoms with E-state index in [-0.39, 0.29) is 11.8 Å². The maximum atomic E-state index is 10.6. The topological polar surface area (TPSA) is 55.1 Å². The van der Waals surface area contributed by atoms with Crippen LogP contribution in [0, 0.1) is 0 Å². The zero-order valence-electron chi connectivity index (χ0n) is 6.68. The average molecular weight is 144 g/mol. The first-order valence-electron chi connectivity index (χ1n) is 3.59. The molecule has 1 atom stereocenters. The molecule has 3 heteroatoms. The van der Waals surface area contributed by atoms with Crippen LogP contribution in [0.25, 0.3) is 0 Å². The summed E-state index contributed by atoms with van der Waals surface area (Å²) in [5.74, 6) is 0.0797. The highest BCUT2D eigenvalue weighted by molar-refractivity contribution is 5.80. The number of hydrogen-bond acceptors (Lipinski definition) is 3. The van der Waals surface area contributed by atoms with Crippen LogP contribution in [0.2, 0.25) is 0 Å². The van der Waals surface area contributed by atoms with Crippen molar-refractivity contribution in [2.75, 3.05) is 13.6 Å². The molecule has 0 amide bonds. The molecule has 3 nitrogen and oxygen atoms in total. The molecule has 0 aliphatic rings. The van der Waals surface area contributed by atoms with Crippen molar-refractivity contribution in [1.82, 2.24) is 5.32 Å². The third-order valence-corrected chi connectivity index (χ3v) is 1.46. The lowest BCUT2D eigenvalue weighted by atomic mass is 10.1. The lowest BCUT2D eigenvalue weighted by Gasteiger charge is -2.05. The second-order valence-electron chi connectivity index (χ2n) is 2.46. The predicted octanol–water partition coefficient (Wildman–Crippen LogP) is -0.0977. The molecule has 0 bridgehead atoms. The first-order chi connectivity index (χ1) is 4.68. The molecular formula is C7H16N2O. The summed E-state index contributed by atoms with van der Waals surface area (Å²) in [5.41, 5.74) is 5.48. The van der Waals surface area contributed by atoms with Crippen molar-refractivity contribution in [3.8, 4) is 0 Å². The van der Waals surface area contributed by atoms with Crippen molar-refractivity contribution in [3.05, 3.63) is 0 Å². The second-order valence-corrected chi connectivity index (χ2v) is 2.46. The summed E-state index contributed by atoms with van der Waals surface area (Å²) in [7, 11) is 1.89. The second kappa shape index (κ2) is 5.38. The molecule has 0 aromatic carbocycles. The number of Topliss-reactive ketones (excluding diaryl/α,β-unsaturated/α-hetero) is 1. The van der Waals surface area contributed by atoms with Crippen LogP contribution in [0.3, 0.4) is 0 Å². The standard InChI is InChI=1S/C7H16N2O/c1-6(10)7(8)4-3-5-9-2/h7,9H,3-5,8H2,1-2H3/t7-/m0/s1. The van der Waals surface area contributed by atoms with E-state index >= 15 is 0 Å². The quantitative estimate of drug-likeness (QED) is 0.530. The molecule has 0 saturated carbocycles. The molecular weight excluding hydrogens is 128 g/mol. The highest BCUT2D eigenvalue weighted by Crippen LogP contribution is 1.93. The molecule has 0 spiro atoms. The Labute approximate surface area is 62.0 Å². The number of carbonyl (C=O) groups excluding carboxylic acids is 1. The van der Waals surface area contributed by atoms with Crippen LogP contribution in [0.15, 0.2) is 0 Å². The molecule has 0 saturated heterocycles. The molecule has 0 fully saturated rings. The van der Waals surface area contributed by atoms with Crippen LogP contribution in [0.4, 0.5) is 0 Å². The van der Waals surface area contributed by atoms with Gasteiger partial charge in [0.1, 0.15) is 5.78 Å². The van der Waals surface area contributed by atoms with Gasteiger partial charge >= 0.3 is 0 Å². The number of ketones is 1. The molecule has 10 heavy (non-hydrogen) atoms. The van der Waals surface area contributed by atoms with Crippen LogP contribution >= 0.6 is 0 Å². The van der Waals surface area contributed by atoms with Crippen molar-refractivity contribution in [2.45, 2.75) is 25.8 Å². The largest absolute Gasteiger partial charge is 0.322 e. The van der Waals surface area contributed by atoms with Gasteiger partial charge in [-0.15, -0.1) is 0 Å². The van der Waals surface area contributed by atoms with Gasteiger partial charge in [0.2, 0.25) is 0 Å². The first kappa shape index (κ1) is 9.59. The van der Waals surface area contributed by atoms with Gasteiger partial charge in [0.15, 0.2) is 0 Å². The maximum absolute atomic E-state index is 10.6. The third-order valence-electron chi connectivity index (χ3n) is 1.46. The summed E-state index contributed by atoms with van der Waals surface area (Å²) >= 11 is 0. The minimum atomic E-state index is -0.256. The van der Waals surface area contributed by atoms with Gasteiger partial charge in [-0.3, -0.25) is 4.79 Å². The minimum Gasteiger partial charge on any atom is -0.322 e. The molecule has 0 rings (SSSR count). The Kier molecular flexibility index (Phi) is 5.16. The Hall–Kier alpha value is -0.410. The molecule has 0 aromatic heterocycles. The number of nitrogens with one attached hydrogen (secondary N) is 1. The van der Waals surface area contributed by atoms with Crippen LogP contribution < -0.4 is 11.1 Å². The fraction of sp³-hybridized carbons (Fsp3) is 0.857. The molecule has 0 aliphatic heterocycles. The summed E-state index contributed by atoms with van der Waals surface area (Å²) in [6.07, 6.45) is 1.76. The summed E-state index contributed by atoms with van der Waals surface area (Å²) in [6, 6.07) is -0.256. The molecule has 0 aromatic rings. The molecule has 0 heterocycles. The fourth-order valence-corrected chi connectivity index (χ4v) is 0.702. The van der Waals surface area contributed by atoms with Gasteiger partial charge in [-0.1, -0.05) is 0 Å². The van der Waals surface area contributed by atoms with Gasteiger partial charge in [0.25, 0.3) is 0 Å². The van der Waals surface area contributed by atoms with Crippen molar-refractivity contribution in [3.63, 3.8) is 0 Å². The summed E-state index contributed by atoms with van der Waals surface area (Å²) in [4.78, 5) is 10.6. The molecule has 3 N–H and O–H groups in total. The van der Waals surface area contributed by atoms with E-state index in [1.807, 2.05) is 7.05 Å². The smallest absolute Gasteiger partial charge is 0.146 e. The highest BCUT2D eigenvalue weighted by Gasteiger charge is 2.05. The van der Waals surface area contributed by atoms with Crippen molar-refractivity contribution in [2.24, 2.45) is 5.73 Å². The van der Waals surface area contributed by atoms with E-state index in [1.165, 1.54) is 6.92 Å². The Bertz CT molecular complexity index is 104. The fourth-order valence-electron chi connectivity index (χ4n) is 0.702. The number of hydrogen-bond donors (Lipinski definition) is 2. The lowest BCUT2D eigenvalue weighted by molar-refractivity contribution is -0.118. The van der Waals surface area contributed by atoms with Gasteiger partial charge in [0, 0.05) is 0 Å². The van der Waals surface area contributed by atoms with Gasteiger partial charge in [0.05, 0.1) is 6.04 Å². The lowest BCUT2D eigenvalue weighted by Crippen LogP contribution is -2.28. The first-order valence-corrected chi connectivity index (χ1v) is 3.59. The van der Waals surface area contributed by atoms with E-state index in [1.54, 1.807) is 0 Å². The van der Waals surface area contributed by atoms with E-state index < -0.39 is 0 Å². The van der Waals surface area contributed by atoms with Crippen LogP contribution in [0.1, 0.15) is 19.8 Å². The van der Waals surface area contributed by atoms with Crippen LogP contribution in [-0.4, -0.2) is 25.4 Å². The Morgan fingerprint density at radius 3 is 2.70 bits per heavy atom. The van der Waals surface area contributed by atoms with Gasteiger partial charge in [-0.2, -0.15) is 0 Å². The third kappa shape index (κ3) is 4.47. The summed E-state index contributed by atoms with van der Waals surface area (Å²) in [6.45, 7) is 2.46. The van der Waals surface area contributed by atoms with Crippen LogP contribution in [0.5, 0.6) is 0 Å². The SMILES string of the molecule is CNCCC[C@H](N)C(C)=O. The normalized spacial score (nSPS) is 13.1. The number of rotatable bonds is 5. The van der Waals surface area contributed by atoms with E-state index in [2.05, 4.69) is 5.32 Å².